The Bertz CT molecular complexity index is 1600. The first kappa shape index (κ1) is 27.0. The van der Waals surface area contributed by atoms with Crippen LogP contribution in [0.15, 0.2) is 63.5 Å². The number of esters is 1. The minimum Gasteiger partial charge on any atom is -0.463 e. The lowest BCUT2D eigenvalue weighted by Crippen LogP contribution is -2.40. The van der Waals surface area contributed by atoms with Crippen LogP contribution in [0.4, 0.5) is 11.4 Å². The first-order valence-electron chi connectivity index (χ1n) is 12.5. The molecule has 2 heterocycles. The SMILES string of the molecule is CCOC(=O)C1=C(C)N=c2s/c(=C/c3cc([N+](=O)[O-])ccc3N(CC)CC)c(=O)n2[C@@H]1c1ccc(C)cc1. The lowest BCUT2D eigenvalue weighted by Gasteiger charge is -2.24. The molecule has 0 bridgehead atoms. The molecule has 4 rings (SSSR count). The third-order valence-corrected chi connectivity index (χ3v) is 7.51. The fraction of sp³-hybridized carbons (Fsp3) is 0.321. The summed E-state index contributed by atoms with van der Waals surface area (Å²) in [5.74, 6) is -0.517. The number of aromatic nitrogens is 1. The zero-order valence-electron chi connectivity index (χ0n) is 22.1. The summed E-state index contributed by atoms with van der Waals surface area (Å²) >= 11 is 1.19. The normalized spacial score (nSPS) is 15.2. The standard InChI is InChI=1S/C28H30N4O5S/c1-6-30(7-2)22-14-13-21(32(35)36)15-20(22)16-23-26(33)31-25(19-11-9-17(4)10-12-19)24(27(34)37-8-3)18(5)29-28(31)38-23/h9-16,25H,6-8H2,1-5H3/b23-16+/t25-/m1/s1. The third-order valence-electron chi connectivity index (χ3n) is 6.52. The second-order valence-electron chi connectivity index (χ2n) is 8.89. The van der Waals surface area contributed by atoms with Crippen molar-refractivity contribution >= 4 is 34.8 Å². The summed E-state index contributed by atoms with van der Waals surface area (Å²) in [6, 6.07) is 11.6. The number of carbonyl (C=O) groups excluding carboxylic acids is 1. The molecule has 198 valence electrons. The van der Waals surface area contributed by atoms with Crippen molar-refractivity contribution < 1.29 is 14.5 Å². The molecule has 1 aliphatic heterocycles. The molecular formula is C28H30N4O5S. The highest BCUT2D eigenvalue weighted by Gasteiger charge is 2.33. The van der Waals surface area contributed by atoms with E-state index in [9.17, 15) is 19.7 Å². The number of anilines is 1. The predicted octanol–water partition coefficient (Wildman–Crippen LogP) is 3.86. The van der Waals surface area contributed by atoms with E-state index >= 15 is 0 Å². The van der Waals surface area contributed by atoms with Gasteiger partial charge in [-0.15, -0.1) is 0 Å². The second-order valence-corrected chi connectivity index (χ2v) is 9.89. The van der Waals surface area contributed by atoms with Gasteiger partial charge in [-0.05, 0) is 52.3 Å². The lowest BCUT2D eigenvalue weighted by atomic mass is 9.95. The maximum Gasteiger partial charge on any atom is 0.338 e. The number of benzene rings is 2. The van der Waals surface area contributed by atoms with Crippen LogP contribution in [0, 0.1) is 17.0 Å². The van der Waals surface area contributed by atoms with Crippen molar-refractivity contribution in [2.45, 2.75) is 40.7 Å². The molecule has 0 amide bonds. The molecule has 1 aliphatic rings. The number of ether oxygens (including phenoxy) is 1. The van der Waals surface area contributed by atoms with Gasteiger partial charge < -0.3 is 9.64 Å². The van der Waals surface area contributed by atoms with Crippen molar-refractivity contribution in [1.82, 2.24) is 4.57 Å². The summed E-state index contributed by atoms with van der Waals surface area (Å²) in [6.07, 6.45) is 1.68. The number of nitro groups is 1. The quantitative estimate of drug-likeness (QED) is 0.247. The highest BCUT2D eigenvalue weighted by atomic mass is 32.1. The van der Waals surface area contributed by atoms with Gasteiger partial charge in [0.05, 0.1) is 33.4 Å². The Balaban J connectivity index is 1.98. The van der Waals surface area contributed by atoms with E-state index in [1.807, 2.05) is 45.0 Å². The van der Waals surface area contributed by atoms with Crippen LogP contribution >= 0.6 is 11.3 Å². The number of hydrogen-bond acceptors (Lipinski definition) is 8. The maximum absolute atomic E-state index is 13.9. The molecule has 0 radical (unpaired) electrons. The van der Waals surface area contributed by atoms with Crippen LogP contribution in [-0.2, 0) is 9.53 Å². The zero-order chi connectivity index (χ0) is 27.6. The van der Waals surface area contributed by atoms with Crippen molar-refractivity contribution in [3.63, 3.8) is 0 Å². The minimum atomic E-state index is -0.708. The van der Waals surface area contributed by atoms with Gasteiger partial charge in [-0.25, -0.2) is 9.79 Å². The van der Waals surface area contributed by atoms with Gasteiger partial charge in [-0.2, -0.15) is 0 Å². The molecule has 1 aromatic heterocycles. The smallest absolute Gasteiger partial charge is 0.338 e. The molecule has 2 aromatic carbocycles. The summed E-state index contributed by atoms with van der Waals surface area (Å²) in [4.78, 5) is 45.1. The van der Waals surface area contributed by atoms with E-state index in [-0.39, 0.29) is 17.9 Å². The number of carbonyl (C=O) groups is 1. The van der Waals surface area contributed by atoms with Gasteiger partial charge >= 0.3 is 5.97 Å². The van der Waals surface area contributed by atoms with Gasteiger partial charge in [0, 0.05) is 36.5 Å². The predicted molar refractivity (Wildman–Crippen MR) is 148 cm³/mol. The Morgan fingerprint density at radius 1 is 1.16 bits per heavy atom. The van der Waals surface area contributed by atoms with E-state index in [0.717, 1.165) is 16.8 Å². The zero-order valence-corrected chi connectivity index (χ0v) is 22.9. The highest BCUT2D eigenvalue weighted by Crippen LogP contribution is 2.31. The van der Waals surface area contributed by atoms with Crippen LogP contribution in [-0.4, -0.2) is 35.2 Å². The third kappa shape index (κ3) is 5.04. The van der Waals surface area contributed by atoms with Crippen molar-refractivity contribution in [1.29, 1.82) is 0 Å². The van der Waals surface area contributed by atoms with E-state index in [1.54, 1.807) is 26.0 Å². The number of fused-ring (bicyclic) bond motifs is 1. The molecule has 0 saturated heterocycles. The van der Waals surface area contributed by atoms with Crippen LogP contribution in [0.3, 0.4) is 0 Å². The van der Waals surface area contributed by atoms with Gasteiger partial charge in [0.15, 0.2) is 4.80 Å². The molecule has 10 heteroatoms. The summed E-state index contributed by atoms with van der Waals surface area (Å²) in [6.45, 7) is 11.0. The summed E-state index contributed by atoms with van der Waals surface area (Å²) in [5.41, 5.74) is 3.60. The topological polar surface area (TPSA) is 107 Å². The van der Waals surface area contributed by atoms with Gasteiger partial charge in [0.2, 0.25) is 0 Å². The van der Waals surface area contributed by atoms with Crippen LogP contribution < -0.4 is 19.8 Å². The summed E-state index contributed by atoms with van der Waals surface area (Å²) in [7, 11) is 0. The number of nitrogens with zero attached hydrogens (tertiary/aromatic N) is 4. The minimum absolute atomic E-state index is 0.0575. The number of non-ortho nitro benzene ring substituents is 1. The molecule has 1 atom stereocenters. The molecule has 38 heavy (non-hydrogen) atoms. The van der Waals surface area contributed by atoms with Gasteiger partial charge in [-0.3, -0.25) is 19.5 Å². The number of nitro benzene ring substituents is 1. The average Bonchev–Trinajstić information content (AvgIpc) is 3.19. The summed E-state index contributed by atoms with van der Waals surface area (Å²) in [5, 5.41) is 11.5. The molecule has 0 N–H and O–H groups in total. The van der Waals surface area contributed by atoms with E-state index < -0.39 is 16.9 Å². The first-order valence-corrected chi connectivity index (χ1v) is 13.3. The Kier molecular flexibility index (Phi) is 7.91. The van der Waals surface area contributed by atoms with E-state index in [2.05, 4.69) is 9.89 Å². The monoisotopic (exact) mass is 534 g/mol. The van der Waals surface area contributed by atoms with Gasteiger partial charge in [-0.1, -0.05) is 41.2 Å². The van der Waals surface area contributed by atoms with Crippen LogP contribution in [0.25, 0.3) is 6.08 Å². The number of aryl methyl sites for hydroxylation is 1. The van der Waals surface area contributed by atoms with Crippen LogP contribution in [0.2, 0.25) is 0 Å². The van der Waals surface area contributed by atoms with Gasteiger partial charge in [0.25, 0.3) is 11.2 Å². The van der Waals surface area contributed by atoms with Gasteiger partial charge in [0.1, 0.15) is 0 Å². The molecule has 0 saturated carbocycles. The van der Waals surface area contributed by atoms with Crippen LogP contribution in [0.5, 0.6) is 0 Å². The molecule has 0 aliphatic carbocycles. The van der Waals surface area contributed by atoms with Crippen molar-refractivity contribution in [2.24, 2.45) is 4.99 Å². The average molecular weight is 535 g/mol. The van der Waals surface area contributed by atoms with Crippen LogP contribution in [0.1, 0.15) is 50.4 Å². The Labute approximate surface area is 224 Å². The number of allylic oxidation sites excluding steroid dienone is 1. The molecule has 0 unspecified atom stereocenters. The number of thiazole rings is 1. The molecule has 3 aromatic rings. The first-order chi connectivity index (χ1) is 18.2. The lowest BCUT2D eigenvalue weighted by molar-refractivity contribution is -0.384. The Morgan fingerprint density at radius 3 is 2.45 bits per heavy atom. The highest BCUT2D eigenvalue weighted by molar-refractivity contribution is 7.07. The number of rotatable bonds is 8. The van der Waals surface area contributed by atoms with E-state index in [4.69, 9.17) is 4.74 Å². The fourth-order valence-corrected chi connectivity index (χ4v) is 5.66. The largest absolute Gasteiger partial charge is 0.463 e. The molecule has 0 spiro atoms. The van der Waals surface area contributed by atoms with E-state index in [0.29, 0.717) is 39.3 Å². The molecular weight excluding hydrogens is 504 g/mol. The number of hydrogen-bond donors (Lipinski definition) is 0. The Hall–Kier alpha value is -4.05. The fourth-order valence-electron chi connectivity index (χ4n) is 4.62. The summed E-state index contributed by atoms with van der Waals surface area (Å²) < 4.78 is 7.23. The van der Waals surface area contributed by atoms with E-state index in [1.165, 1.54) is 28.0 Å². The van der Waals surface area contributed by atoms with Crippen molar-refractivity contribution in [3.05, 3.63) is 100 Å². The maximum atomic E-state index is 13.9. The van der Waals surface area contributed by atoms with Crippen molar-refractivity contribution in [2.75, 3.05) is 24.6 Å². The molecule has 0 fully saturated rings. The second kappa shape index (κ2) is 11.1. The van der Waals surface area contributed by atoms with Crippen molar-refractivity contribution in [3.8, 4) is 0 Å². The Morgan fingerprint density at radius 2 is 1.84 bits per heavy atom. The molecule has 9 nitrogen and oxygen atoms in total.